The van der Waals surface area contributed by atoms with Gasteiger partial charge in [-0.25, -0.2) is 0 Å². The third kappa shape index (κ3) is 3.73. The van der Waals surface area contributed by atoms with Crippen LogP contribution in [0.4, 0.5) is 0 Å². The van der Waals surface area contributed by atoms with Crippen LogP contribution in [0, 0.1) is 3.57 Å². The topological polar surface area (TPSA) is 0 Å². The molecule has 88 valence electrons. The normalized spacial score (nSPS) is 10.5. The van der Waals surface area contributed by atoms with Crippen LogP contribution in [0.5, 0.6) is 0 Å². The van der Waals surface area contributed by atoms with Gasteiger partial charge in [0.1, 0.15) is 0 Å². The highest BCUT2D eigenvalue weighted by atomic mass is 127. The number of halogens is 2. The summed E-state index contributed by atoms with van der Waals surface area (Å²) >= 11 is 7.75. The van der Waals surface area contributed by atoms with Crippen molar-refractivity contribution in [2.45, 2.75) is 23.1 Å². The molecule has 0 spiro atoms. The molecule has 0 aliphatic rings. The van der Waals surface area contributed by atoms with Gasteiger partial charge in [-0.2, -0.15) is 0 Å². The molecule has 2 aromatic carbocycles. The molecule has 17 heavy (non-hydrogen) atoms. The Balaban J connectivity index is 2.21. The fourth-order valence-electron chi connectivity index (χ4n) is 1.48. The number of benzene rings is 2. The first-order chi connectivity index (χ1) is 8.19. The summed E-state index contributed by atoms with van der Waals surface area (Å²) in [6, 6.07) is 15.2. The molecule has 2 aromatic rings. The maximum absolute atomic E-state index is 3.64. The van der Waals surface area contributed by atoms with Crippen LogP contribution in [-0.2, 0) is 6.42 Å². The molecule has 0 saturated heterocycles. The molecule has 0 aliphatic carbocycles. The van der Waals surface area contributed by atoms with E-state index >= 15 is 0 Å². The molecule has 2 rings (SSSR count). The predicted octanol–water partition coefficient (Wildman–Crippen LogP) is 5.77. The van der Waals surface area contributed by atoms with E-state index in [0.717, 1.165) is 6.42 Å². The lowest BCUT2D eigenvalue weighted by atomic mass is 10.2. The van der Waals surface area contributed by atoms with E-state index in [9.17, 15) is 0 Å². The zero-order chi connectivity index (χ0) is 12.3. The molecule has 0 saturated carbocycles. The molecular formula is C14H12BrIS. The Kier molecular flexibility index (Phi) is 4.94. The largest absolute Gasteiger partial charge is 0.0889 e. The number of hydrogen-bond acceptors (Lipinski definition) is 1. The van der Waals surface area contributed by atoms with Gasteiger partial charge in [-0.05, 0) is 86.9 Å². The molecule has 3 heteroatoms. The van der Waals surface area contributed by atoms with Crippen LogP contribution in [0.2, 0.25) is 0 Å². The van der Waals surface area contributed by atoms with Gasteiger partial charge in [0.2, 0.25) is 0 Å². The first-order valence-electron chi connectivity index (χ1n) is 5.41. The summed E-state index contributed by atoms with van der Waals surface area (Å²) in [5, 5.41) is 0. The van der Waals surface area contributed by atoms with E-state index in [1.54, 1.807) is 11.8 Å². The van der Waals surface area contributed by atoms with Crippen LogP contribution in [0.3, 0.4) is 0 Å². The average Bonchev–Trinajstić information content (AvgIpc) is 2.34. The Hall–Kier alpha value is -0.000000000000000111. The second kappa shape index (κ2) is 6.25. The highest BCUT2D eigenvalue weighted by molar-refractivity contribution is 14.1. The molecule has 0 atom stereocenters. The number of hydrogen-bond donors (Lipinski definition) is 0. The molecule has 0 N–H and O–H groups in total. The summed E-state index contributed by atoms with van der Waals surface area (Å²) in [5.74, 6) is 0. The van der Waals surface area contributed by atoms with E-state index in [1.807, 2.05) is 0 Å². The Morgan fingerprint density at radius 1 is 1.12 bits per heavy atom. The van der Waals surface area contributed by atoms with Crippen molar-refractivity contribution < 1.29 is 0 Å². The fourth-order valence-corrected chi connectivity index (χ4v) is 3.32. The van der Waals surface area contributed by atoms with Crippen LogP contribution < -0.4 is 0 Å². The molecule has 0 aromatic heterocycles. The third-order valence-electron chi connectivity index (χ3n) is 2.45. The Morgan fingerprint density at radius 3 is 2.41 bits per heavy atom. The van der Waals surface area contributed by atoms with Crippen molar-refractivity contribution in [3.63, 3.8) is 0 Å². The predicted molar refractivity (Wildman–Crippen MR) is 86.8 cm³/mol. The van der Waals surface area contributed by atoms with Crippen LogP contribution >= 0.6 is 50.3 Å². The average molecular weight is 419 g/mol. The third-order valence-corrected chi connectivity index (χ3v) is 5.17. The van der Waals surface area contributed by atoms with Gasteiger partial charge in [0, 0.05) is 17.8 Å². The van der Waals surface area contributed by atoms with E-state index in [1.165, 1.54) is 23.4 Å². The maximum atomic E-state index is 3.64. The van der Waals surface area contributed by atoms with Gasteiger partial charge >= 0.3 is 0 Å². The second-order valence-corrected chi connectivity index (χ2v) is 6.89. The molecule has 0 nitrogen and oxygen atoms in total. The monoisotopic (exact) mass is 418 g/mol. The van der Waals surface area contributed by atoms with E-state index < -0.39 is 0 Å². The van der Waals surface area contributed by atoms with Crippen molar-refractivity contribution in [2.24, 2.45) is 0 Å². The maximum Gasteiger partial charge on any atom is 0.0317 e. The lowest BCUT2D eigenvalue weighted by Gasteiger charge is -2.06. The van der Waals surface area contributed by atoms with Crippen LogP contribution in [0.1, 0.15) is 12.5 Å². The zero-order valence-electron chi connectivity index (χ0n) is 9.41. The second-order valence-electron chi connectivity index (χ2n) is 3.67. The van der Waals surface area contributed by atoms with Gasteiger partial charge in [-0.1, -0.05) is 24.8 Å². The number of aryl methyl sites for hydroxylation is 1. The van der Waals surface area contributed by atoms with E-state index in [2.05, 4.69) is 87.9 Å². The standard InChI is InChI=1S/C14H12BrIS/c1-2-10-3-8-14(13(15)9-10)17-12-6-4-11(16)5-7-12/h3-9H,2H2,1H3. The summed E-state index contributed by atoms with van der Waals surface area (Å²) in [4.78, 5) is 2.54. The quantitative estimate of drug-likeness (QED) is 0.570. The van der Waals surface area contributed by atoms with Crippen molar-refractivity contribution >= 4 is 50.3 Å². The van der Waals surface area contributed by atoms with Gasteiger partial charge in [0.15, 0.2) is 0 Å². The molecule has 0 radical (unpaired) electrons. The zero-order valence-corrected chi connectivity index (χ0v) is 14.0. The van der Waals surface area contributed by atoms with E-state index in [-0.39, 0.29) is 0 Å². The molecule has 0 unspecified atom stereocenters. The summed E-state index contributed by atoms with van der Waals surface area (Å²) < 4.78 is 2.45. The minimum Gasteiger partial charge on any atom is -0.0889 e. The summed E-state index contributed by atoms with van der Waals surface area (Å²) in [6.07, 6.45) is 1.08. The van der Waals surface area contributed by atoms with Crippen molar-refractivity contribution in [3.05, 3.63) is 56.1 Å². The van der Waals surface area contributed by atoms with Crippen molar-refractivity contribution in [3.8, 4) is 0 Å². The van der Waals surface area contributed by atoms with E-state index in [0.29, 0.717) is 0 Å². The first-order valence-corrected chi connectivity index (χ1v) is 8.09. The summed E-state index contributed by atoms with van der Waals surface area (Å²) in [5.41, 5.74) is 1.36. The molecule has 0 fully saturated rings. The number of rotatable bonds is 3. The lowest BCUT2D eigenvalue weighted by molar-refractivity contribution is 1.12. The molecule has 0 bridgehead atoms. The van der Waals surface area contributed by atoms with Gasteiger partial charge in [-0.15, -0.1) is 0 Å². The molecule has 0 heterocycles. The Morgan fingerprint density at radius 2 is 1.82 bits per heavy atom. The Bertz CT molecular complexity index is 508. The fraction of sp³-hybridized carbons (Fsp3) is 0.143. The molecule has 0 amide bonds. The smallest absolute Gasteiger partial charge is 0.0317 e. The van der Waals surface area contributed by atoms with Gasteiger partial charge in [0.05, 0.1) is 0 Å². The van der Waals surface area contributed by atoms with Gasteiger partial charge < -0.3 is 0 Å². The van der Waals surface area contributed by atoms with E-state index in [4.69, 9.17) is 0 Å². The van der Waals surface area contributed by atoms with Crippen molar-refractivity contribution in [1.29, 1.82) is 0 Å². The summed E-state index contributed by atoms with van der Waals surface area (Å²) in [7, 11) is 0. The molecular weight excluding hydrogens is 407 g/mol. The first kappa shape index (κ1) is 13.4. The van der Waals surface area contributed by atoms with Crippen molar-refractivity contribution in [2.75, 3.05) is 0 Å². The molecule has 0 aliphatic heterocycles. The highest BCUT2D eigenvalue weighted by Crippen LogP contribution is 2.34. The van der Waals surface area contributed by atoms with Crippen LogP contribution in [-0.4, -0.2) is 0 Å². The van der Waals surface area contributed by atoms with Crippen molar-refractivity contribution in [1.82, 2.24) is 0 Å². The van der Waals surface area contributed by atoms with Gasteiger partial charge in [0.25, 0.3) is 0 Å². The minimum absolute atomic E-state index is 1.08. The minimum atomic E-state index is 1.08. The van der Waals surface area contributed by atoms with Crippen LogP contribution in [0.15, 0.2) is 56.7 Å². The van der Waals surface area contributed by atoms with Crippen LogP contribution in [0.25, 0.3) is 0 Å². The SMILES string of the molecule is CCc1ccc(Sc2ccc(I)cc2)c(Br)c1. The lowest BCUT2D eigenvalue weighted by Crippen LogP contribution is -1.82. The Labute approximate surface area is 128 Å². The van der Waals surface area contributed by atoms with Gasteiger partial charge in [-0.3, -0.25) is 0 Å². The summed E-state index contributed by atoms with van der Waals surface area (Å²) in [6.45, 7) is 2.17. The highest BCUT2D eigenvalue weighted by Gasteiger charge is 2.03.